The first kappa shape index (κ1) is 14.3. The fourth-order valence-electron chi connectivity index (χ4n) is 1.87. The van der Waals surface area contributed by atoms with Crippen molar-refractivity contribution in [2.24, 2.45) is 0 Å². The molecule has 5 heteroatoms. The maximum atomic E-state index is 13.4. The van der Waals surface area contributed by atoms with Crippen LogP contribution in [0.25, 0.3) is 0 Å². The molecule has 20 heavy (non-hydrogen) atoms. The van der Waals surface area contributed by atoms with E-state index in [1.165, 1.54) is 19.2 Å². The number of phenols is 1. The molecule has 0 aromatic heterocycles. The molecule has 0 aliphatic carbocycles. The monoisotopic (exact) mass is 279 g/mol. The molecule has 2 N–H and O–H groups in total. The van der Waals surface area contributed by atoms with Gasteiger partial charge in [0.05, 0.1) is 7.11 Å². The fourth-order valence-corrected chi connectivity index (χ4v) is 1.87. The zero-order valence-corrected chi connectivity index (χ0v) is 11.0. The van der Waals surface area contributed by atoms with Gasteiger partial charge < -0.3 is 15.2 Å². The molecule has 0 atom stereocenters. The van der Waals surface area contributed by atoms with E-state index in [-0.39, 0.29) is 12.3 Å². The summed E-state index contributed by atoms with van der Waals surface area (Å²) in [6.07, 6.45) is 0. The minimum Gasteiger partial charge on any atom is -0.504 e. The van der Waals surface area contributed by atoms with E-state index >= 15 is 0 Å². The summed E-state index contributed by atoms with van der Waals surface area (Å²) in [5.41, 5.74) is 1.01. The number of halogens is 2. The highest BCUT2D eigenvalue weighted by Gasteiger charge is 2.08. The van der Waals surface area contributed by atoms with Gasteiger partial charge in [-0.1, -0.05) is 18.2 Å². The first-order valence-electron chi connectivity index (χ1n) is 6.11. The van der Waals surface area contributed by atoms with Gasteiger partial charge in [-0.3, -0.25) is 0 Å². The second-order valence-corrected chi connectivity index (χ2v) is 4.31. The van der Waals surface area contributed by atoms with Gasteiger partial charge in [0.2, 0.25) is 0 Å². The molecule has 0 unspecified atom stereocenters. The zero-order chi connectivity index (χ0) is 14.5. The molecule has 106 valence electrons. The SMILES string of the molecule is COc1cccc(CNCc2ccc(F)cc2F)c1O. The number of nitrogens with one attached hydrogen (secondary N) is 1. The van der Waals surface area contributed by atoms with Gasteiger partial charge in [-0.05, 0) is 12.1 Å². The van der Waals surface area contributed by atoms with E-state index in [1.54, 1.807) is 18.2 Å². The molecule has 2 rings (SSSR count). The van der Waals surface area contributed by atoms with Crippen LogP contribution < -0.4 is 10.1 Å². The predicted molar refractivity (Wildman–Crippen MR) is 71.6 cm³/mol. The van der Waals surface area contributed by atoms with Crippen molar-refractivity contribution in [3.63, 3.8) is 0 Å². The van der Waals surface area contributed by atoms with Gasteiger partial charge >= 0.3 is 0 Å². The van der Waals surface area contributed by atoms with Crippen LogP contribution in [0, 0.1) is 11.6 Å². The second kappa shape index (κ2) is 6.34. The minimum atomic E-state index is -0.600. The summed E-state index contributed by atoms with van der Waals surface area (Å²) in [4.78, 5) is 0. The second-order valence-electron chi connectivity index (χ2n) is 4.31. The van der Waals surface area contributed by atoms with Crippen LogP contribution in [0.3, 0.4) is 0 Å². The third-order valence-corrected chi connectivity index (χ3v) is 2.95. The Bertz CT molecular complexity index is 602. The lowest BCUT2D eigenvalue weighted by molar-refractivity contribution is 0.369. The largest absolute Gasteiger partial charge is 0.504 e. The molecule has 3 nitrogen and oxygen atoms in total. The smallest absolute Gasteiger partial charge is 0.162 e. The minimum absolute atomic E-state index is 0.0575. The highest BCUT2D eigenvalue weighted by Crippen LogP contribution is 2.29. The maximum absolute atomic E-state index is 13.4. The quantitative estimate of drug-likeness (QED) is 0.884. The first-order valence-corrected chi connectivity index (χ1v) is 6.11. The number of phenolic OH excluding ortho intramolecular Hbond substituents is 1. The van der Waals surface area contributed by atoms with Crippen LogP contribution in [-0.2, 0) is 13.1 Å². The molecule has 0 saturated heterocycles. The maximum Gasteiger partial charge on any atom is 0.162 e. The van der Waals surface area contributed by atoms with Crippen molar-refractivity contribution in [1.82, 2.24) is 5.32 Å². The molecule has 0 aliphatic rings. The Hall–Kier alpha value is -2.14. The Labute approximate surface area is 115 Å². The molecule has 0 aliphatic heterocycles. The zero-order valence-electron chi connectivity index (χ0n) is 11.0. The Balaban J connectivity index is 1.99. The third kappa shape index (κ3) is 3.24. The average Bonchev–Trinajstić information content (AvgIpc) is 2.43. The fraction of sp³-hybridized carbons (Fsp3) is 0.200. The van der Waals surface area contributed by atoms with Crippen molar-refractivity contribution in [3.8, 4) is 11.5 Å². The highest BCUT2D eigenvalue weighted by molar-refractivity contribution is 5.45. The molecule has 0 radical (unpaired) electrons. The molecule has 0 heterocycles. The topological polar surface area (TPSA) is 41.5 Å². The van der Waals surface area contributed by atoms with Crippen LogP contribution >= 0.6 is 0 Å². The lowest BCUT2D eigenvalue weighted by Gasteiger charge is -2.10. The summed E-state index contributed by atoms with van der Waals surface area (Å²) < 4.78 is 31.2. The number of hydrogen-bond donors (Lipinski definition) is 2. The number of para-hydroxylation sites is 1. The summed E-state index contributed by atoms with van der Waals surface area (Å²) in [6, 6.07) is 8.60. The van der Waals surface area contributed by atoms with Gasteiger partial charge in [0.25, 0.3) is 0 Å². The molecule has 0 saturated carbocycles. The predicted octanol–water partition coefficient (Wildman–Crippen LogP) is 2.97. The van der Waals surface area contributed by atoms with Crippen LogP contribution in [0.15, 0.2) is 36.4 Å². The van der Waals surface area contributed by atoms with Gasteiger partial charge in [-0.2, -0.15) is 0 Å². The van der Waals surface area contributed by atoms with Gasteiger partial charge in [0.15, 0.2) is 11.5 Å². The normalized spacial score (nSPS) is 10.6. The van der Waals surface area contributed by atoms with Gasteiger partial charge in [-0.15, -0.1) is 0 Å². The lowest BCUT2D eigenvalue weighted by Crippen LogP contribution is -2.14. The average molecular weight is 279 g/mol. The Morgan fingerprint density at radius 3 is 2.55 bits per heavy atom. The lowest BCUT2D eigenvalue weighted by atomic mass is 10.1. The Morgan fingerprint density at radius 1 is 1.10 bits per heavy atom. The molecular weight excluding hydrogens is 264 g/mol. The summed E-state index contributed by atoms with van der Waals surface area (Å²) in [7, 11) is 1.47. The van der Waals surface area contributed by atoms with Crippen molar-refractivity contribution < 1.29 is 18.6 Å². The Kier molecular flexibility index (Phi) is 4.53. The van der Waals surface area contributed by atoms with Crippen molar-refractivity contribution in [2.45, 2.75) is 13.1 Å². The number of benzene rings is 2. The highest BCUT2D eigenvalue weighted by atomic mass is 19.1. The van der Waals surface area contributed by atoms with Gasteiger partial charge in [0.1, 0.15) is 11.6 Å². The van der Waals surface area contributed by atoms with Crippen molar-refractivity contribution in [1.29, 1.82) is 0 Å². The first-order chi connectivity index (χ1) is 9.61. The van der Waals surface area contributed by atoms with Crippen molar-refractivity contribution in [2.75, 3.05) is 7.11 Å². The van der Waals surface area contributed by atoms with Crippen LogP contribution in [0.1, 0.15) is 11.1 Å². The van der Waals surface area contributed by atoms with Crippen molar-refractivity contribution >= 4 is 0 Å². The van der Waals surface area contributed by atoms with E-state index in [0.29, 0.717) is 23.4 Å². The van der Waals surface area contributed by atoms with Gasteiger partial charge in [0, 0.05) is 30.3 Å². The number of ether oxygens (including phenoxy) is 1. The molecule has 0 bridgehead atoms. The van der Waals surface area contributed by atoms with E-state index in [1.807, 2.05) is 0 Å². The van der Waals surface area contributed by atoms with Crippen LogP contribution in [0.5, 0.6) is 11.5 Å². The summed E-state index contributed by atoms with van der Waals surface area (Å²) >= 11 is 0. The van der Waals surface area contributed by atoms with Gasteiger partial charge in [-0.25, -0.2) is 8.78 Å². The summed E-state index contributed by atoms with van der Waals surface area (Å²) in [6.45, 7) is 0.586. The number of hydrogen-bond acceptors (Lipinski definition) is 3. The standard InChI is InChI=1S/C15H15F2NO2/c1-20-14-4-2-3-11(15(14)19)9-18-8-10-5-6-12(16)7-13(10)17/h2-7,18-19H,8-9H2,1H3. The molecule has 0 amide bonds. The molecule has 2 aromatic rings. The number of aromatic hydroxyl groups is 1. The van der Waals surface area contributed by atoms with E-state index in [2.05, 4.69) is 5.32 Å². The summed E-state index contributed by atoms with van der Waals surface area (Å²) in [5, 5.41) is 12.9. The van der Waals surface area contributed by atoms with E-state index in [9.17, 15) is 13.9 Å². The van der Waals surface area contributed by atoms with Crippen LogP contribution in [0.2, 0.25) is 0 Å². The van der Waals surface area contributed by atoms with E-state index in [4.69, 9.17) is 4.74 Å². The molecule has 2 aromatic carbocycles. The number of methoxy groups -OCH3 is 1. The molecular formula is C15H15F2NO2. The summed E-state index contributed by atoms with van der Waals surface area (Å²) in [5.74, 6) is -0.747. The number of rotatable bonds is 5. The molecule has 0 fully saturated rings. The van der Waals surface area contributed by atoms with E-state index in [0.717, 1.165) is 6.07 Å². The van der Waals surface area contributed by atoms with Crippen molar-refractivity contribution in [3.05, 3.63) is 59.2 Å². The molecule has 0 spiro atoms. The third-order valence-electron chi connectivity index (χ3n) is 2.95. The Morgan fingerprint density at radius 2 is 1.85 bits per heavy atom. The van der Waals surface area contributed by atoms with E-state index < -0.39 is 11.6 Å². The van der Waals surface area contributed by atoms with Crippen LogP contribution in [0.4, 0.5) is 8.78 Å². The van der Waals surface area contributed by atoms with Crippen LogP contribution in [-0.4, -0.2) is 12.2 Å².